The van der Waals surface area contributed by atoms with Crippen LogP contribution in [0.5, 0.6) is 0 Å². The standard InChI is InChI=1S/C19H21F3N6O/c1-13-9-16(28-18(24-13)25-17(26-28)19(20,21)22)23-11-14-3-2-4-15(10-14)12-27-5-7-29-8-6-27/h2-4,9-10,23H,5-8,11-12H2,1H3. The average Bonchev–Trinajstić information content (AvgIpc) is 3.12. The number of rotatable bonds is 5. The number of ether oxygens (including phenoxy) is 1. The summed E-state index contributed by atoms with van der Waals surface area (Å²) < 4.78 is 45.3. The number of hydrogen-bond acceptors (Lipinski definition) is 6. The molecular weight excluding hydrogens is 385 g/mol. The van der Waals surface area contributed by atoms with Crippen LogP contribution in [0.25, 0.3) is 5.78 Å². The first kappa shape index (κ1) is 19.6. The quantitative estimate of drug-likeness (QED) is 0.703. The molecule has 29 heavy (non-hydrogen) atoms. The molecule has 7 nitrogen and oxygen atoms in total. The fraction of sp³-hybridized carbons (Fsp3) is 0.421. The molecule has 4 rings (SSSR count). The number of halogens is 3. The van der Waals surface area contributed by atoms with Crippen molar-refractivity contribution >= 4 is 11.6 Å². The van der Waals surface area contributed by atoms with Gasteiger partial charge in [0.1, 0.15) is 5.82 Å². The minimum atomic E-state index is -4.62. The van der Waals surface area contributed by atoms with Crippen molar-refractivity contribution in [3.05, 3.63) is 53.0 Å². The number of anilines is 1. The lowest BCUT2D eigenvalue weighted by molar-refractivity contribution is -0.144. The summed E-state index contributed by atoms with van der Waals surface area (Å²) in [5, 5.41) is 6.73. The predicted molar refractivity (Wildman–Crippen MR) is 100 cm³/mol. The number of morpholine rings is 1. The van der Waals surface area contributed by atoms with E-state index in [1.165, 1.54) is 5.56 Å². The maximum Gasteiger partial charge on any atom is 0.453 e. The van der Waals surface area contributed by atoms with E-state index in [4.69, 9.17) is 4.74 Å². The monoisotopic (exact) mass is 406 g/mol. The number of aromatic nitrogens is 4. The smallest absolute Gasteiger partial charge is 0.379 e. The van der Waals surface area contributed by atoms with E-state index in [2.05, 4.69) is 37.4 Å². The lowest BCUT2D eigenvalue weighted by Gasteiger charge is -2.26. The third kappa shape index (κ3) is 4.65. The van der Waals surface area contributed by atoms with Crippen LogP contribution in [-0.4, -0.2) is 50.8 Å². The summed E-state index contributed by atoms with van der Waals surface area (Å²) in [5.41, 5.74) is 2.76. The molecule has 0 saturated carbocycles. The largest absolute Gasteiger partial charge is 0.453 e. The molecular formula is C19H21F3N6O. The topological polar surface area (TPSA) is 67.6 Å². The summed E-state index contributed by atoms with van der Waals surface area (Å²) in [5.74, 6) is -0.874. The molecule has 1 aliphatic heterocycles. The highest BCUT2D eigenvalue weighted by Crippen LogP contribution is 2.27. The molecule has 0 atom stereocenters. The van der Waals surface area contributed by atoms with E-state index in [1.807, 2.05) is 12.1 Å². The van der Waals surface area contributed by atoms with Gasteiger partial charge in [-0.05, 0) is 18.1 Å². The lowest BCUT2D eigenvalue weighted by Crippen LogP contribution is -2.35. The first-order valence-electron chi connectivity index (χ1n) is 9.32. The van der Waals surface area contributed by atoms with Gasteiger partial charge < -0.3 is 10.1 Å². The Hall–Kier alpha value is -2.72. The molecule has 0 amide bonds. The Balaban J connectivity index is 1.50. The van der Waals surface area contributed by atoms with Crippen molar-refractivity contribution in [1.82, 2.24) is 24.5 Å². The maximum absolute atomic E-state index is 12.9. The van der Waals surface area contributed by atoms with Gasteiger partial charge in [-0.15, -0.1) is 5.10 Å². The van der Waals surface area contributed by atoms with Crippen LogP contribution in [-0.2, 0) is 24.0 Å². The molecule has 1 fully saturated rings. The molecule has 0 spiro atoms. The summed E-state index contributed by atoms with van der Waals surface area (Å²) in [6.45, 7) is 6.29. The number of fused-ring (bicyclic) bond motifs is 1. The van der Waals surface area contributed by atoms with Crippen LogP contribution in [0.15, 0.2) is 30.3 Å². The van der Waals surface area contributed by atoms with Crippen LogP contribution in [0.3, 0.4) is 0 Å². The van der Waals surface area contributed by atoms with Crippen molar-refractivity contribution in [3.63, 3.8) is 0 Å². The van der Waals surface area contributed by atoms with Crippen LogP contribution < -0.4 is 5.32 Å². The van der Waals surface area contributed by atoms with Crippen LogP contribution in [0.4, 0.5) is 19.0 Å². The molecule has 3 aromatic rings. The van der Waals surface area contributed by atoms with E-state index in [0.717, 1.165) is 42.9 Å². The Morgan fingerprint density at radius 3 is 2.62 bits per heavy atom. The SMILES string of the molecule is Cc1cc(NCc2cccc(CN3CCOCC3)c2)n2nc(C(F)(F)F)nc2n1. The summed E-state index contributed by atoms with van der Waals surface area (Å²) in [7, 11) is 0. The van der Waals surface area contributed by atoms with Gasteiger partial charge >= 0.3 is 6.18 Å². The minimum absolute atomic E-state index is 0.0825. The van der Waals surface area contributed by atoms with Gasteiger partial charge in [0.25, 0.3) is 11.6 Å². The van der Waals surface area contributed by atoms with Crippen molar-refractivity contribution in [1.29, 1.82) is 0 Å². The van der Waals surface area contributed by atoms with E-state index in [9.17, 15) is 13.2 Å². The van der Waals surface area contributed by atoms with Crippen LogP contribution in [0, 0.1) is 6.92 Å². The summed E-state index contributed by atoms with van der Waals surface area (Å²) in [6.07, 6.45) is -4.62. The van der Waals surface area contributed by atoms with Gasteiger partial charge in [-0.3, -0.25) is 4.90 Å². The molecule has 2 aromatic heterocycles. The molecule has 1 aliphatic rings. The van der Waals surface area contributed by atoms with E-state index in [1.54, 1.807) is 13.0 Å². The second kappa shape index (κ2) is 7.96. The van der Waals surface area contributed by atoms with E-state index >= 15 is 0 Å². The highest BCUT2D eigenvalue weighted by atomic mass is 19.4. The number of hydrogen-bond donors (Lipinski definition) is 1. The Labute approximate surface area is 165 Å². The highest BCUT2D eigenvalue weighted by molar-refractivity contribution is 5.46. The van der Waals surface area contributed by atoms with Gasteiger partial charge in [-0.25, -0.2) is 4.98 Å². The zero-order valence-electron chi connectivity index (χ0n) is 15.9. The molecule has 10 heteroatoms. The maximum atomic E-state index is 12.9. The van der Waals surface area contributed by atoms with Gasteiger partial charge in [-0.2, -0.15) is 22.7 Å². The molecule has 0 unspecified atom stereocenters. The molecule has 1 N–H and O–H groups in total. The second-order valence-corrected chi connectivity index (χ2v) is 6.99. The molecule has 1 aromatic carbocycles. The number of nitrogens with one attached hydrogen (secondary N) is 1. The Morgan fingerprint density at radius 1 is 1.10 bits per heavy atom. The van der Waals surface area contributed by atoms with Gasteiger partial charge in [0, 0.05) is 37.9 Å². The van der Waals surface area contributed by atoms with Crippen LogP contribution >= 0.6 is 0 Å². The van der Waals surface area contributed by atoms with Crippen molar-refractivity contribution < 1.29 is 17.9 Å². The van der Waals surface area contributed by atoms with Crippen molar-refractivity contribution in [3.8, 4) is 0 Å². The molecule has 154 valence electrons. The van der Waals surface area contributed by atoms with Gasteiger partial charge in [0.2, 0.25) is 0 Å². The van der Waals surface area contributed by atoms with E-state index < -0.39 is 12.0 Å². The summed E-state index contributed by atoms with van der Waals surface area (Å²) >= 11 is 0. The molecule has 0 aliphatic carbocycles. The zero-order chi connectivity index (χ0) is 20.4. The van der Waals surface area contributed by atoms with E-state index in [0.29, 0.717) is 18.1 Å². The number of aryl methyl sites for hydroxylation is 1. The van der Waals surface area contributed by atoms with Crippen molar-refractivity contribution in [2.75, 3.05) is 31.6 Å². The Kier molecular flexibility index (Phi) is 5.37. The Morgan fingerprint density at radius 2 is 1.86 bits per heavy atom. The third-order valence-corrected chi connectivity index (χ3v) is 4.67. The third-order valence-electron chi connectivity index (χ3n) is 4.67. The zero-order valence-corrected chi connectivity index (χ0v) is 15.9. The van der Waals surface area contributed by atoms with Crippen molar-refractivity contribution in [2.45, 2.75) is 26.2 Å². The average molecular weight is 406 g/mol. The lowest BCUT2D eigenvalue weighted by atomic mass is 10.1. The van der Waals surface area contributed by atoms with Crippen LogP contribution in [0.1, 0.15) is 22.6 Å². The number of nitrogens with zero attached hydrogens (tertiary/aromatic N) is 5. The second-order valence-electron chi connectivity index (χ2n) is 6.99. The van der Waals surface area contributed by atoms with Gasteiger partial charge in [-0.1, -0.05) is 24.3 Å². The van der Waals surface area contributed by atoms with E-state index in [-0.39, 0.29) is 5.78 Å². The first-order valence-corrected chi connectivity index (χ1v) is 9.32. The molecule has 3 heterocycles. The molecule has 1 saturated heterocycles. The van der Waals surface area contributed by atoms with Crippen LogP contribution in [0.2, 0.25) is 0 Å². The predicted octanol–water partition coefficient (Wildman–Crippen LogP) is 2.90. The van der Waals surface area contributed by atoms with Gasteiger partial charge in [0.05, 0.1) is 13.2 Å². The minimum Gasteiger partial charge on any atom is -0.379 e. The highest BCUT2D eigenvalue weighted by Gasteiger charge is 2.36. The number of alkyl halides is 3. The number of benzene rings is 1. The summed E-state index contributed by atoms with van der Waals surface area (Å²) in [4.78, 5) is 9.87. The van der Waals surface area contributed by atoms with Gasteiger partial charge in [0.15, 0.2) is 0 Å². The molecule has 0 bridgehead atoms. The fourth-order valence-electron chi connectivity index (χ4n) is 3.28. The normalized spacial score (nSPS) is 15.7. The Bertz CT molecular complexity index is 997. The first-order chi connectivity index (χ1) is 13.9. The van der Waals surface area contributed by atoms with Crippen molar-refractivity contribution in [2.24, 2.45) is 0 Å². The fourth-order valence-corrected chi connectivity index (χ4v) is 3.28. The summed E-state index contributed by atoms with van der Waals surface area (Å²) in [6, 6.07) is 9.78. The molecule has 0 radical (unpaired) electrons.